The lowest BCUT2D eigenvalue weighted by molar-refractivity contribution is 0.648. The second kappa shape index (κ2) is 3.71. The van der Waals surface area contributed by atoms with Crippen LogP contribution in [-0.2, 0) is 0 Å². The summed E-state index contributed by atoms with van der Waals surface area (Å²) in [5, 5.41) is 7.95. The van der Waals surface area contributed by atoms with Crippen molar-refractivity contribution in [3.8, 4) is 0 Å². The van der Waals surface area contributed by atoms with Crippen molar-refractivity contribution in [1.29, 1.82) is 0 Å². The predicted molar refractivity (Wildman–Crippen MR) is 57.9 cm³/mol. The minimum Gasteiger partial charge on any atom is -0.296 e. The van der Waals surface area contributed by atoms with Gasteiger partial charge in [0.2, 0.25) is 5.28 Å². The van der Waals surface area contributed by atoms with E-state index in [0.717, 1.165) is 0 Å². The van der Waals surface area contributed by atoms with Crippen molar-refractivity contribution in [2.24, 2.45) is 0 Å². The summed E-state index contributed by atoms with van der Waals surface area (Å²) in [4.78, 5) is 2.57. The van der Waals surface area contributed by atoms with Gasteiger partial charge in [-0.15, -0.1) is 21.5 Å². The molecule has 2 aromatic rings. The second-order valence-electron chi connectivity index (χ2n) is 3.13. The molecule has 0 N–H and O–H groups in total. The molecular weight excluding hydrogens is 218 g/mol. The minimum atomic E-state index is 0.205. The van der Waals surface area contributed by atoms with E-state index >= 15 is 0 Å². The van der Waals surface area contributed by atoms with Crippen LogP contribution in [-0.4, -0.2) is 14.8 Å². The van der Waals surface area contributed by atoms with Crippen molar-refractivity contribution in [3.63, 3.8) is 0 Å². The zero-order valence-corrected chi connectivity index (χ0v) is 9.51. The monoisotopic (exact) mass is 227 g/mol. The highest BCUT2D eigenvalue weighted by molar-refractivity contribution is 7.12. The molecule has 0 amide bonds. The Bertz CT molecular complexity index is 435. The topological polar surface area (TPSA) is 30.7 Å². The molecule has 0 saturated carbocycles. The first-order chi connectivity index (χ1) is 6.68. The number of rotatable bonds is 2. The Morgan fingerprint density at radius 3 is 2.79 bits per heavy atom. The highest BCUT2D eigenvalue weighted by atomic mass is 35.5. The third-order valence-electron chi connectivity index (χ3n) is 2.12. The Morgan fingerprint density at radius 2 is 2.29 bits per heavy atom. The Morgan fingerprint density at radius 1 is 1.50 bits per heavy atom. The molecule has 74 valence electrons. The third kappa shape index (κ3) is 1.67. The van der Waals surface area contributed by atoms with Gasteiger partial charge in [0.05, 0.1) is 6.04 Å². The van der Waals surface area contributed by atoms with Gasteiger partial charge in [0, 0.05) is 9.75 Å². The van der Waals surface area contributed by atoms with Crippen LogP contribution in [0.15, 0.2) is 18.5 Å². The van der Waals surface area contributed by atoms with Crippen LogP contribution in [0, 0.1) is 6.92 Å². The van der Waals surface area contributed by atoms with E-state index in [2.05, 4.69) is 36.2 Å². The molecule has 0 aliphatic carbocycles. The van der Waals surface area contributed by atoms with E-state index in [9.17, 15) is 0 Å². The van der Waals surface area contributed by atoms with Gasteiger partial charge < -0.3 is 0 Å². The molecule has 5 heteroatoms. The van der Waals surface area contributed by atoms with E-state index in [-0.39, 0.29) is 6.04 Å². The van der Waals surface area contributed by atoms with E-state index < -0.39 is 0 Å². The lowest BCUT2D eigenvalue weighted by atomic mass is 10.3. The van der Waals surface area contributed by atoms with Crippen LogP contribution in [0.5, 0.6) is 0 Å². The van der Waals surface area contributed by atoms with Gasteiger partial charge in [-0.25, -0.2) is 0 Å². The molecule has 2 rings (SSSR count). The second-order valence-corrected chi connectivity index (χ2v) is 4.79. The smallest absolute Gasteiger partial charge is 0.225 e. The first kappa shape index (κ1) is 9.68. The zero-order chi connectivity index (χ0) is 10.1. The number of hydrogen-bond acceptors (Lipinski definition) is 3. The fourth-order valence-corrected chi connectivity index (χ4v) is 2.46. The molecule has 0 bridgehead atoms. The number of aryl methyl sites for hydroxylation is 1. The van der Waals surface area contributed by atoms with Gasteiger partial charge in [0.15, 0.2) is 0 Å². The molecule has 1 atom stereocenters. The Balaban J connectivity index is 2.33. The lowest BCUT2D eigenvalue weighted by Gasteiger charge is -2.10. The Hall–Kier alpha value is -0.870. The van der Waals surface area contributed by atoms with Crippen molar-refractivity contribution in [3.05, 3.63) is 33.5 Å². The van der Waals surface area contributed by atoms with Crippen LogP contribution in [0.1, 0.15) is 22.7 Å². The summed E-state index contributed by atoms with van der Waals surface area (Å²) in [5.74, 6) is 0. The fraction of sp³-hybridized carbons (Fsp3) is 0.333. The van der Waals surface area contributed by atoms with Gasteiger partial charge in [-0.05, 0) is 37.6 Å². The highest BCUT2D eigenvalue weighted by Crippen LogP contribution is 2.26. The first-order valence-corrected chi connectivity index (χ1v) is 5.49. The summed E-state index contributed by atoms with van der Waals surface area (Å²) >= 11 is 7.65. The summed E-state index contributed by atoms with van der Waals surface area (Å²) in [5.41, 5.74) is 0. The van der Waals surface area contributed by atoms with E-state index in [4.69, 9.17) is 11.6 Å². The summed E-state index contributed by atoms with van der Waals surface area (Å²) < 4.78 is 1.85. The maximum Gasteiger partial charge on any atom is 0.225 e. The maximum atomic E-state index is 5.89. The van der Waals surface area contributed by atoms with Crippen molar-refractivity contribution in [1.82, 2.24) is 14.8 Å². The van der Waals surface area contributed by atoms with Crippen LogP contribution in [0.25, 0.3) is 0 Å². The average molecular weight is 228 g/mol. The summed E-state index contributed by atoms with van der Waals surface area (Å²) in [6.45, 7) is 4.18. The summed E-state index contributed by atoms with van der Waals surface area (Å²) in [7, 11) is 0. The Labute approximate surface area is 91.4 Å². The van der Waals surface area contributed by atoms with Crippen LogP contribution >= 0.6 is 22.9 Å². The maximum absolute atomic E-state index is 5.89. The van der Waals surface area contributed by atoms with Gasteiger partial charge in [0.1, 0.15) is 6.33 Å². The van der Waals surface area contributed by atoms with Crippen molar-refractivity contribution >= 4 is 22.9 Å². The van der Waals surface area contributed by atoms with Gasteiger partial charge in [0.25, 0.3) is 0 Å². The number of thiophene rings is 1. The van der Waals surface area contributed by atoms with Gasteiger partial charge in [-0.1, -0.05) is 0 Å². The SMILES string of the molecule is Cc1ccc(C(C)n2cnnc2Cl)s1. The van der Waals surface area contributed by atoms with E-state index in [1.165, 1.54) is 9.75 Å². The Kier molecular flexibility index (Phi) is 2.56. The van der Waals surface area contributed by atoms with Crippen molar-refractivity contribution in [2.45, 2.75) is 19.9 Å². The van der Waals surface area contributed by atoms with E-state index in [1.807, 2.05) is 4.57 Å². The average Bonchev–Trinajstić information content (AvgIpc) is 2.73. The predicted octanol–water partition coefficient (Wildman–Crippen LogP) is 2.91. The molecule has 0 radical (unpaired) electrons. The minimum absolute atomic E-state index is 0.205. The fourth-order valence-electron chi connectivity index (χ4n) is 1.30. The highest BCUT2D eigenvalue weighted by Gasteiger charge is 2.12. The molecule has 0 saturated heterocycles. The quantitative estimate of drug-likeness (QED) is 0.790. The molecule has 1 unspecified atom stereocenters. The van der Waals surface area contributed by atoms with Crippen LogP contribution in [0.3, 0.4) is 0 Å². The van der Waals surface area contributed by atoms with E-state index in [0.29, 0.717) is 5.28 Å². The number of nitrogens with zero attached hydrogens (tertiary/aromatic N) is 3. The lowest BCUT2D eigenvalue weighted by Crippen LogP contribution is -2.03. The molecule has 0 aliphatic rings. The molecule has 14 heavy (non-hydrogen) atoms. The van der Waals surface area contributed by atoms with Crippen LogP contribution < -0.4 is 0 Å². The summed E-state index contributed by atoms with van der Waals surface area (Å²) in [6.07, 6.45) is 1.65. The number of aromatic nitrogens is 3. The standard InChI is InChI=1S/C9H10ClN3S/c1-6-3-4-8(14-6)7(2)13-5-11-12-9(13)10/h3-5,7H,1-2H3. The van der Waals surface area contributed by atoms with Crippen molar-refractivity contribution in [2.75, 3.05) is 0 Å². The first-order valence-electron chi connectivity index (χ1n) is 4.30. The normalized spacial score (nSPS) is 13.1. The molecule has 0 aliphatic heterocycles. The van der Waals surface area contributed by atoms with Crippen LogP contribution in [0.2, 0.25) is 5.28 Å². The van der Waals surface area contributed by atoms with E-state index in [1.54, 1.807) is 17.7 Å². The van der Waals surface area contributed by atoms with Gasteiger partial charge in [-0.2, -0.15) is 0 Å². The molecule has 2 aromatic heterocycles. The van der Waals surface area contributed by atoms with Gasteiger partial charge >= 0.3 is 0 Å². The molecule has 3 nitrogen and oxygen atoms in total. The zero-order valence-electron chi connectivity index (χ0n) is 7.94. The molecule has 0 spiro atoms. The molecule has 2 heterocycles. The third-order valence-corrected chi connectivity index (χ3v) is 3.56. The largest absolute Gasteiger partial charge is 0.296 e. The molecular formula is C9H10ClN3S. The van der Waals surface area contributed by atoms with Gasteiger partial charge in [-0.3, -0.25) is 4.57 Å². The van der Waals surface area contributed by atoms with Crippen molar-refractivity contribution < 1.29 is 0 Å². The number of halogens is 1. The molecule has 0 aromatic carbocycles. The summed E-state index contributed by atoms with van der Waals surface area (Å²) in [6, 6.07) is 4.42. The van der Waals surface area contributed by atoms with Crippen LogP contribution in [0.4, 0.5) is 0 Å². The number of hydrogen-bond donors (Lipinski definition) is 0. The molecule has 0 fully saturated rings.